The largest absolute Gasteiger partial charge is 0.481 e. The topological polar surface area (TPSA) is 57.6 Å². The Balaban J connectivity index is 1.85. The second-order valence-corrected chi connectivity index (χ2v) is 7.00. The highest BCUT2D eigenvalue weighted by molar-refractivity contribution is 5.92. The maximum Gasteiger partial charge on any atom is 0.416 e. The van der Waals surface area contributed by atoms with Crippen LogP contribution in [-0.4, -0.2) is 35.0 Å². The molecular weight excluding hydrogens is 323 g/mol. The SMILES string of the molecule is CC1(C(=O)O)CCN(C(=O)C2(c3cccc(C(F)(F)F)c3)CC2)C1. The third-order valence-corrected chi connectivity index (χ3v) is 5.18. The first-order valence-corrected chi connectivity index (χ1v) is 7.79. The van der Waals surface area contributed by atoms with Crippen molar-refractivity contribution in [2.45, 2.75) is 37.8 Å². The first-order chi connectivity index (χ1) is 11.1. The van der Waals surface area contributed by atoms with E-state index < -0.39 is 28.5 Å². The minimum absolute atomic E-state index is 0.0991. The van der Waals surface area contributed by atoms with Gasteiger partial charge in [0.25, 0.3) is 0 Å². The number of amides is 1. The van der Waals surface area contributed by atoms with Gasteiger partial charge in [-0.1, -0.05) is 18.2 Å². The van der Waals surface area contributed by atoms with Crippen molar-refractivity contribution in [1.29, 1.82) is 0 Å². The first kappa shape index (κ1) is 16.8. The van der Waals surface area contributed by atoms with Gasteiger partial charge >= 0.3 is 12.1 Å². The molecule has 1 aromatic rings. The summed E-state index contributed by atoms with van der Waals surface area (Å²) in [4.78, 5) is 25.7. The van der Waals surface area contributed by atoms with Crippen LogP contribution in [0.2, 0.25) is 0 Å². The molecule has 1 aliphatic carbocycles. The molecule has 24 heavy (non-hydrogen) atoms. The van der Waals surface area contributed by atoms with Crippen LogP contribution >= 0.6 is 0 Å². The zero-order valence-corrected chi connectivity index (χ0v) is 13.2. The van der Waals surface area contributed by atoms with Crippen molar-refractivity contribution in [2.75, 3.05) is 13.1 Å². The fourth-order valence-electron chi connectivity index (χ4n) is 3.36. The van der Waals surface area contributed by atoms with E-state index in [0.717, 1.165) is 12.1 Å². The number of carbonyl (C=O) groups excluding carboxylic acids is 1. The van der Waals surface area contributed by atoms with Gasteiger partial charge in [0.2, 0.25) is 5.91 Å². The molecule has 1 saturated carbocycles. The zero-order valence-electron chi connectivity index (χ0n) is 13.2. The average molecular weight is 341 g/mol. The lowest BCUT2D eigenvalue weighted by molar-refractivity contribution is -0.147. The van der Waals surface area contributed by atoms with Gasteiger partial charge in [-0.2, -0.15) is 13.2 Å². The van der Waals surface area contributed by atoms with Crippen LogP contribution in [0.15, 0.2) is 24.3 Å². The lowest BCUT2D eigenvalue weighted by atomic mass is 9.90. The number of alkyl halides is 3. The number of carboxylic acids is 1. The normalized spacial score (nSPS) is 25.6. The molecule has 1 aliphatic heterocycles. The summed E-state index contributed by atoms with van der Waals surface area (Å²) in [6.45, 7) is 2.01. The molecule has 0 aromatic heterocycles. The Hall–Kier alpha value is -2.05. The van der Waals surface area contributed by atoms with E-state index in [4.69, 9.17) is 0 Å². The smallest absolute Gasteiger partial charge is 0.416 e. The highest BCUT2D eigenvalue weighted by Crippen LogP contribution is 2.51. The van der Waals surface area contributed by atoms with Crippen LogP contribution in [0.1, 0.15) is 37.3 Å². The Morgan fingerprint density at radius 3 is 2.38 bits per heavy atom. The van der Waals surface area contributed by atoms with Gasteiger partial charge in [0.05, 0.1) is 16.4 Å². The van der Waals surface area contributed by atoms with Gasteiger partial charge in [0, 0.05) is 13.1 Å². The Morgan fingerprint density at radius 1 is 1.21 bits per heavy atom. The third kappa shape index (κ3) is 2.65. The summed E-state index contributed by atoms with van der Waals surface area (Å²) in [5.74, 6) is -1.21. The number of benzene rings is 1. The molecule has 2 aliphatic rings. The molecular formula is C17H18F3NO3. The van der Waals surface area contributed by atoms with E-state index in [2.05, 4.69) is 0 Å². The molecule has 7 heteroatoms. The fraction of sp³-hybridized carbons (Fsp3) is 0.529. The summed E-state index contributed by atoms with van der Waals surface area (Å²) in [6, 6.07) is 4.89. The number of carbonyl (C=O) groups is 2. The Labute approximate surface area is 137 Å². The monoisotopic (exact) mass is 341 g/mol. The molecule has 1 atom stereocenters. The van der Waals surface area contributed by atoms with E-state index in [0.29, 0.717) is 31.4 Å². The molecule has 0 bridgehead atoms. The molecule has 130 valence electrons. The van der Waals surface area contributed by atoms with Crippen molar-refractivity contribution in [2.24, 2.45) is 5.41 Å². The van der Waals surface area contributed by atoms with Crippen LogP contribution in [0.3, 0.4) is 0 Å². The van der Waals surface area contributed by atoms with Crippen molar-refractivity contribution < 1.29 is 27.9 Å². The van der Waals surface area contributed by atoms with Gasteiger partial charge in [0.15, 0.2) is 0 Å². The lowest BCUT2D eigenvalue weighted by Crippen LogP contribution is -2.40. The van der Waals surface area contributed by atoms with E-state index in [-0.39, 0.29) is 12.5 Å². The van der Waals surface area contributed by atoms with Gasteiger partial charge in [-0.25, -0.2) is 0 Å². The Morgan fingerprint density at radius 2 is 1.88 bits per heavy atom. The van der Waals surface area contributed by atoms with E-state index >= 15 is 0 Å². The summed E-state index contributed by atoms with van der Waals surface area (Å²) in [5, 5.41) is 9.27. The van der Waals surface area contributed by atoms with E-state index in [1.807, 2.05) is 0 Å². The van der Waals surface area contributed by atoms with Crippen molar-refractivity contribution in [3.8, 4) is 0 Å². The van der Waals surface area contributed by atoms with Crippen LogP contribution in [0.25, 0.3) is 0 Å². The van der Waals surface area contributed by atoms with E-state index in [1.54, 1.807) is 13.0 Å². The molecule has 3 rings (SSSR count). The summed E-state index contributed by atoms with van der Waals surface area (Å²) < 4.78 is 38.7. The van der Waals surface area contributed by atoms with Gasteiger partial charge < -0.3 is 10.0 Å². The number of halogens is 3. The van der Waals surface area contributed by atoms with E-state index in [9.17, 15) is 27.9 Å². The number of aliphatic carboxylic acids is 1. The predicted molar refractivity (Wildman–Crippen MR) is 79.3 cm³/mol. The van der Waals surface area contributed by atoms with Gasteiger partial charge in [-0.05, 0) is 37.8 Å². The van der Waals surface area contributed by atoms with Gasteiger partial charge in [0.1, 0.15) is 0 Å². The first-order valence-electron chi connectivity index (χ1n) is 7.79. The van der Waals surface area contributed by atoms with Crippen LogP contribution in [0.4, 0.5) is 13.2 Å². The number of likely N-dealkylation sites (tertiary alicyclic amines) is 1. The number of nitrogens with zero attached hydrogens (tertiary/aromatic N) is 1. The summed E-state index contributed by atoms with van der Waals surface area (Å²) >= 11 is 0. The molecule has 1 N–H and O–H groups in total. The predicted octanol–water partition coefficient (Wildman–Crippen LogP) is 3.06. The molecule has 0 radical (unpaired) electrons. The maximum absolute atomic E-state index is 12.9. The zero-order chi connectivity index (χ0) is 17.8. The van der Waals surface area contributed by atoms with Crippen molar-refractivity contribution in [1.82, 2.24) is 4.90 Å². The average Bonchev–Trinajstić information content (AvgIpc) is 3.23. The lowest BCUT2D eigenvalue weighted by Gasteiger charge is -2.25. The second-order valence-electron chi connectivity index (χ2n) is 7.00. The Bertz CT molecular complexity index is 697. The third-order valence-electron chi connectivity index (χ3n) is 5.18. The summed E-state index contributed by atoms with van der Waals surface area (Å²) in [7, 11) is 0. The molecule has 1 heterocycles. The molecule has 1 amide bonds. The van der Waals surface area contributed by atoms with Crippen LogP contribution in [-0.2, 0) is 21.2 Å². The van der Waals surface area contributed by atoms with Crippen molar-refractivity contribution in [3.63, 3.8) is 0 Å². The highest BCUT2D eigenvalue weighted by Gasteiger charge is 2.55. The molecule has 1 aromatic carbocycles. The van der Waals surface area contributed by atoms with Crippen LogP contribution in [0, 0.1) is 5.41 Å². The quantitative estimate of drug-likeness (QED) is 0.919. The number of carboxylic acid groups (broad SMARTS) is 1. The van der Waals surface area contributed by atoms with Crippen molar-refractivity contribution >= 4 is 11.9 Å². The molecule has 0 spiro atoms. The maximum atomic E-state index is 12.9. The fourth-order valence-corrected chi connectivity index (χ4v) is 3.36. The standard InChI is InChI=1S/C17H18F3NO3/c1-15(14(23)24)7-8-21(10-15)13(22)16(5-6-16)11-3-2-4-12(9-11)17(18,19)20/h2-4,9H,5-8,10H2,1H3,(H,23,24). The minimum Gasteiger partial charge on any atom is -0.481 e. The summed E-state index contributed by atoms with van der Waals surface area (Å²) in [6.07, 6.45) is -3.11. The van der Waals surface area contributed by atoms with Crippen LogP contribution < -0.4 is 0 Å². The van der Waals surface area contributed by atoms with Crippen LogP contribution in [0.5, 0.6) is 0 Å². The Kier molecular flexibility index (Phi) is 3.66. The number of rotatable bonds is 3. The molecule has 2 fully saturated rings. The molecule has 4 nitrogen and oxygen atoms in total. The van der Waals surface area contributed by atoms with Gasteiger partial charge in [-0.3, -0.25) is 9.59 Å². The second kappa shape index (κ2) is 5.22. The number of hydrogen-bond donors (Lipinski definition) is 1. The van der Waals surface area contributed by atoms with E-state index in [1.165, 1.54) is 11.0 Å². The minimum atomic E-state index is -4.45. The van der Waals surface area contributed by atoms with Gasteiger partial charge in [-0.15, -0.1) is 0 Å². The summed E-state index contributed by atoms with van der Waals surface area (Å²) in [5.41, 5.74) is -2.31. The number of hydrogen-bond acceptors (Lipinski definition) is 2. The molecule has 1 saturated heterocycles. The molecule has 1 unspecified atom stereocenters. The van der Waals surface area contributed by atoms with Crippen molar-refractivity contribution in [3.05, 3.63) is 35.4 Å². The highest BCUT2D eigenvalue weighted by atomic mass is 19.4.